The third-order valence-corrected chi connectivity index (χ3v) is 3.91. The molecule has 1 aromatic rings. The molecular weight excluding hydrogens is 288 g/mol. The smallest absolute Gasteiger partial charge is 0.368 e. The largest absolute Gasteiger partial charge is 0.416 e. The SMILES string of the molecule is C[C@@]1(C(N)=O)CC[C@H](Cc2ccc(C(F)(F)F)cc2F)N1. The van der Waals surface area contributed by atoms with Gasteiger partial charge in [0, 0.05) is 6.04 Å². The number of amides is 1. The minimum absolute atomic E-state index is 0.186. The number of benzene rings is 1. The molecule has 0 spiro atoms. The molecule has 2 atom stereocenters. The van der Waals surface area contributed by atoms with Crippen molar-refractivity contribution < 1.29 is 22.4 Å². The van der Waals surface area contributed by atoms with Crippen LogP contribution in [-0.2, 0) is 17.4 Å². The fraction of sp³-hybridized carbons (Fsp3) is 0.500. The monoisotopic (exact) mass is 304 g/mol. The van der Waals surface area contributed by atoms with Crippen LogP contribution in [-0.4, -0.2) is 17.5 Å². The van der Waals surface area contributed by atoms with E-state index in [1.165, 1.54) is 0 Å². The van der Waals surface area contributed by atoms with Crippen LogP contribution in [0.4, 0.5) is 17.6 Å². The summed E-state index contributed by atoms with van der Waals surface area (Å²) in [6.07, 6.45) is -3.21. The summed E-state index contributed by atoms with van der Waals surface area (Å²) < 4.78 is 51.2. The Morgan fingerprint density at radius 1 is 1.48 bits per heavy atom. The number of nitrogens with one attached hydrogen (secondary N) is 1. The van der Waals surface area contributed by atoms with Crippen molar-refractivity contribution in [3.05, 3.63) is 35.1 Å². The van der Waals surface area contributed by atoms with Gasteiger partial charge in [-0.1, -0.05) is 6.07 Å². The molecule has 1 saturated heterocycles. The van der Waals surface area contributed by atoms with Gasteiger partial charge in [0.1, 0.15) is 5.82 Å². The molecule has 1 aliphatic heterocycles. The molecule has 3 N–H and O–H groups in total. The summed E-state index contributed by atoms with van der Waals surface area (Å²) in [6.45, 7) is 1.67. The first-order valence-electron chi connectivity index (χ1n) is 6.55. The van der Waals surface area contributed by atoms with E-state index >= 15 is 0 Å². The quantitative estimate of drug-likeness (QED) is 0.842. The zero-order chi connectivity index (χ0) is 15.8. The van der Waals surface area contributed by atoms with Crippen LogP contribution in [0.1, 0.15) is 30.9 Å². The van der Waals surface area contributed by atoms with Gasteiger partial charge in [0.25, 0.3) is 0 Å². The molecule has 0 bridgehead atoms. The van der Waals surface area contributed by atoms with Crippen molar-refractivity contribution in [1.82, 2.24) is 5.32 Å². The first-order valence-corrected chi connectivity index (χ1v) is 6.55. The van der Waals surface area contributed by atoms with E-state index in [9.17, 15) is 22.4 Å². The summed E-state index contributed by atoms with van der Waals surface area (Å²) in [5, 5.41) is 3.02. The van der Waals surface area contributed by atoms with Crippen molar-refractivity contribution in [2.75, 3.05) is 0 Å². The molecule has 0 aromatic heterocycles. The summed E-state index contributed by atoms with van der Waals surface area (Å²) in [4.78, 5) is 11.3. The molecule has 1 aromatic carbocycles. The fourth-order valence-corrected chi connectivity index (χ4v) is 2.56. The zero-order valence-corrected chi connectivity index (χ0v) is 11.4. The normalized spacial score (nSPS) is 26.0. The zero-order valence-electron chi connectivity index (χ0n) is 11.4. The number of primary amides is 1. The van der Waals surface area contributed by atoms with Crippen LogP contribution in [0.15, 0.2) is 18.2 Å². The maximum atomic E-state index is 13.8. The van der Waals surface area contributed by atoms with E-state index in [0.717, 1.165) is 12.1 Å². The minimum Gasteiger partial charge on any atom is -0.368 e. The van der Waals surface area contributed by atoms with Crippen molar-refractivity contribution in [2.24, 2.45) is 5.73 Å². The van der Waals surface area contributed by atoms with Gasteiger partial charge in [-0.2, -0.15) is 13.2 Å². The first-order chi connectivity index (χ1) is 9.62. The Labute approximate surface area is 119 Å². The standard InChI is InChI=1S/C14H16F4N2O/c1-13(12(19)21)5-4-10(20-13)6-8-2-3-9(7-11(8)15)14(16,17)18/h2-3,7,10,20H,4-6H2,1H3,(H2,19,21)/t10-,13+/m1/s1. The Morgan fingerprint density at radius 3 is 2.62 bits per heavy atom. The topological polar surface area (TPSA) is 55.1 Å². The van der Waals surface area contributed by atoms with E-state index in [4.69, 9.17) is 5.73 Å². The lowest BCUT2D eigenvalue weighted by molar-refractivity contribution is -0.137. The van der Waals surface area contributed by atoms with Crippen LogP contribution >= 0.6 is 0 Å². The molecule has 116 valence electrons. The van der Waals surface area contributed by atoms with Crippen LogP contribution in [0.3, 0.4) is 0 Å². The van der Waals surface area contributed by atoms with Crippen LogP contribution < -0.4 is 11.1 Å². The predicted molar refractivity (Wildman–Crippen MR) is 68.9 cm³/mol. The highest BCUT2D eigenvalue weighted by molar-refractivity contribution is 5.84. The molecule has 0 saturated carbocycles. The molecule has 3 nitrogen and oxygen atoms in total. The van der Waals surface area contributed by atoms with Crippen LogP contribution in [0.2, 0.25) is 0 Å². The van der Waals surface area contributed by atoms with E-state index in [-0.39, 0.29) is 18.0 Å². The van der Waals surface area contributed by atoms with Gasteiger partial charge in [-0.3, -0.25) is 4.79 Å². The number of hydrogen-bond acceptors (Lipinski definition) is 2. The van der Waals surface area contributed by atoms with Crippen molar-refractivity contribution in [3.8, 4) is 0 Å². The van der Waals surface area contributed by atoms with E-state index in [1.54, 1.807) is 6.92 Å². The molecular formula is C14H16F4N2O. The fourth-order valence-electron chi connectivity index (χ4n) is 2.56. The second-order valence-electron chi connectivity index (χ2n) is 5.58. The van der Waals surface area contributed by atoms with E-state index in [2.05, 4.69) is 5.32 Å². The number of carbonyl (C=O) groups is 1. The minimum atomic E-state index is -4.56. The maximum absolute atomic E-state index is 13.8. The molecule has 1 fully saturated rings. The lowest BCUT2D eigenvalue weighted by Gasteiger charge is -2.22. The lowest BCUT2D eigenvalue weighted by Crippen LogP contribution is -2.51. The molecule has 0 radical (unpaired) electrons. The Bertz CT molecular complexity index is 558. The van der Waals surface area contributed by atoms with Gasteiger partial charge in [-0.25, -0.2) is 4.39 Å². The van der Waals surface area contributed by atoms with Gasteiger partial charge < -0.3 is 11.1 Å². The molecule has 1 heterocycles. The van der Waals surface area contributed by atoms with Crippen LogP contribution in [0.25, 0.3) is 0 Å². The average Bonchev–Trinajstić information content (AvgIpc) is 2.74. The van der Waals surface area contributed by atoms with Gasteiger partial charge in [0.15, 0.2) is 0 Å². The number of halogens is 4. The molecule has 1 aliphatic rings. The van der Waals surface area contributed by atoms with Crippen molar-refractivity contribution >= 4 is 5.91 Å². The van der Waals surface area contributed by atoms with Crippen LogP contribution in [0.5, 0.6) is 0 Å². The molecule has 0 aliphatic carbocycles. The average molecular weight is 304 g/mol. The lowest BCUT2D eigenvalue weighted by atomic mass is 9.99. The Balaban J connectivity index is 2.10. The number of rotatable bonds is 3. The second-order valence-corrected chi connectivity index (χ2v) is 5.58. The summed E-state index contributed by atoms with van der Waals surface area (Å²) in [5.74, 6) is -1.38. The molecule has 1 amide bonds. The Hall–Kier alpha value is -1.63. The van der Waals surface area contributed by atoms with Gasteiger partial charge in [0.05, 0.1) is 11.1 Å². The Morgan fingerprint density at radius 2 is 2.14 bits per heavy atom. The molecule has 0 unspecified atom stereocenters. The third-order valence-electron chi connectivity index (χ3n) is 3.91. The highest BCUT2D eigenvalue weighted by atomic mass is 19.4. The highest BCUT2D eigenvalue weighted by Gasteiger charge is 2.39. The van der Waals surface area contributed by atoms with E-state index in [0.29, 0.717) is 18.9 Å². The summed E-state index contributed by atoms with van der Waals surface area (Å²) >= 11 is 0. The maximum Gasteiger partial charge on any atom is 0.416 e. The van der Waals surface area contributed by atoms with Crippen molar-refractivity contribution in [1.29, 1.82) is 0 Å². The van der Waals surface area contributed by atoms with Gasteiger partial charge in [-0.15, -0.1) is 0 Å². The molecule has 2 rings (SSSR count). The number of hydrogen-bond donors (Lipinski definition) is 2. The highest BCUT2D eigenvalue weighted by Crippen LogP contribution is 2.31. The van der Waals surface area contributed by atoms with Crippen LogP contribution in [0, 0.1) is 5.82 Å². The van der Waals surface area contributed by atoms with Crippen molar-refractivity contribution in [3.63, 3.8) is 0 Å². The number of alkyl halides is 3. The van der Waals surface area contributed by atoms with Gasteiger partial charge >= 0.3 is 6.18 Å². The summed E-state index contributed by atoms with van der Waals surface area (Å²) in [7, 11) is 0. The predicted octanol–water partition coefficient (Wildman–Crippen LogP) is 2.38. The summed E-state index contributed by atoms with van der Waals surface area (Å²) in [5.41, 5.74) is 3.62. The second kappa shape index (κ2) is 5.29. The van der Waals surface area contributed by atoms with E-state index < -0.39 is 29.0 Å². The molecule has 21 heavy (non-hydrogen) atoms. The van der Waals surface area contributed by atoms with Crippen molar-refractivity contribution in [2.45, 2.75) is 43.9 Å². The Kier molecular flexibility index (Phi) is 3.97. The number of carbonyl (C=O) groups excluding carboxylic acids is 1. The van der Waals surface area contributed by atoms with Gasteiger partial charge in [0.2, 0.25) is 5.91 Å². The third kappa shape index (κ3) is 3.34. The molecule has 7 heteroatoms. The summed E-state index contributed by atoms with van der Waals surface area (Å²) in [6, 6.07) is 2.31. The first kappa shape index (κ1) is 15.8. The number of nitrogens with two attached hydrogens (primary N) is 1. The van der Waals surface area contributed by atoms with E-state index in [1.807, 2.05) is 0 Å². The van der Waals surface area contributed by atoms with Gasteiger partial charge in [-0.05, 0) is 43.9 Å².